The van der Waals surface area contributed by atoms with Crippen LogP contribution in [-0.2, 0) is 11.3 Å². The first-order valence-corrected chi connectivity index (χ1v) is 8.56. The summed E-state index contributed by atoms with van der Waals surface area (Å²) >= 11 is 0. The van der Waals surface area contributed by atoms with Gasteiger partial charge < -0.3 is 10.1 Å². The van der Waals surface area contributed by atoms with E-state index in [9.17, 15) is 4.79 Å². The summed E-state index contributed by atoms with van der Waals surface area (Å²) in [6.45, 7) is 4.72. The Bertz CT molecular complexity index is 748. The summed E-state index contributed by atoms with van der Waals surface area (Å²) in [6, 6.07) is 16.0. The molecule has 4 nitrogen and oxygen atoms in total. The Morgan fingerprint density at radius 2 is 1.84 bits per heavy atom. The molecule has 25 heavy (non-hydrogen) atoms. The van der Waals surface area contributed by atoms with E-state index in [1.165, 1.54) is 11.1 Å². The molecule has 0 saturated heterocycles. The molecular weight excluding hydrogens is 312 g/mol. The lowest BCUT2D eigenvalue weighted by molar-refractivity contribution is -0.113. The molecule has 1 heterocycles. The first-order chi connectivity index (χ1) is 12.1. The van der Waals surface area contributed by atoms with Crippen LogP contribution in [-0.4, -0.2) is 31.0 Å². The predicted molar refractivity (Wildman–Crippen MR) is 101 cm³/mol. The molecule has 1 amide bonds. The number of nitrogens with one attached hydrogen (secondary N) is 1. The number of rotatable bonds is 5. The van der Waals surface area contributed by atoms with Crippen molar-refractivity contribution in [1.82, 2.24) is 4.90 Å². The molecular formula is C21H24N2O2. The van der Waals surface area contributed by atoms with E-state index in [-0.39, 0.29) is 5.91 Å². The van der Waals surface area contributed by atoms with Gasteiger partial charge in [0.05, 0.1) is 7.11 Å². The first-order valence-electron chi connectivity index (χ1n) is 8.56. The minimum Gasteiger partial charge on any atom is -0.497 e. The van der Waals surface area contributed by atoms with Crippen molar-refractivity contribution in [3.05, 3.63) is 71.3 Å². The van der Waals surface area contributed by atoms with Gasteiger partial charge >= 0.3 is 0 Å². The molecule has 1 aliphatic heterocycles. The summed E-state index contributed by atoms with van der Waals surface area (Å²) in [5, 5.41) is 2.95. The van der Waals surface area contributed by atoms with E-state index in [0.29, 0.717) is 0 Å². The molecule has 0 fully saturated rings. The SMILES string of the molecule is COc1ccc(NC(=O)C2=CCN(Cc3ccc(C)cc3)CC2)cc1. The molecule has 0 unspecified atom stereocenters. The van der Waals surface area contributed by atoms with E-state index in [2.05, 4.69) is 41.4 Å². The van der Waals surface area contributed by atoms with Gasteiger partial charge in [0.1, 0.15) is 5.75 Å². The van der Waals surface area contributed by atoms with Crippen molar-refractivity contribution >= 4 is 11.6 Å². The summed E-state index contributed by atoms with van der Waals surface area (Å²) in [4.78, 5) is 14.8. The fraction of sp³-hybridized carbons (Fsp3) is 0.286. The Morgan fingerprint density at radius 1 is 1.12 bits per heavy atom. The Labute approximate surface area is 149 Å². The topological polar surface area (TPSA) is 41.6 Å². The molecule has 3 rings (SSSR count). The fourth-order valence-corrected chi connectivity index (χ4v) is 2.90. The zero-order chi connectivity index (χ0) is 17.6. The number of methoxy groups -OCH3 is 1. The van der Waals surface area contributed by atoms with Gasteiger partial charge in [0.25, 0.3) is 5.91 Å². The largest absolute Gasteiger partial charge is 0.497 e. The normalized spacial score (nSPS) is 14.7. The predicted octanol–water partition coefficient (Wildman–Crippen LogP) is 3.77. The lowest BCUT2D eigenvalue weighted by Crippen LogP contribution is -2.31. The van der Waals surface area contributed by atoms with Gasteiger partial charge in [-0.1, -0.05) is 35.9 Å². The average molecular weight is 336 g/mol. The Morgan fingerprint density at radius 3 is 2.44 bits per heavy atom. The Hall–Kier alpha value is -2.59. The van der Waals surface area contributed by atoms with E-state index >= 15 is 0 Å². The van der Waals surface area contributed by atoms with Crippen molar-refractivity contribution in [2.45, 2.75) is 19.9 Å². The van der Waals surface area contributed by atoms with Crippen LogP contribution >= 0.6 is 0 Å². The number of hydrogen-bond acceptors (Lipinski definition) is 3. The van der Waals surface area contributed by atoms with Crippen LogP contribution in [0.1, 0.15) is 17.5 Å². The smallest absolute Gasteiger partial charge is 0.251 e. The number of nitrogens with zero attached hydrogens (tertiary/aromatic N) is 1. The second-order valence-electron chi connectivity index (χ2n) is 6.38. The van der Waals surface area contributed by atoms with Crippen LogP contribution < -0.4 is 10.1 Å². The third-order valence-corrected chi connectivity index (χ3v) is 4.46. The maximum Gasteiger partial charge on any atom is 0.251 e. The van der Waals surface area contributed by atoms with Crippen LogP contribution in [0.25, 0.3) is 0 Å². The minimum atomic E-state index is -0.0137. The highest BCUT2D eigenvalue weighted by Gasteiger charge is 2.17. The number of ether oxygens (including phenoxy) is 1. The number of hydrogen-bond donors (Lipinski definition) is 1. The van der Waals surface area contributed by atoms with Gasteiger partial charge in [-0.15, -0.1) is 0 Å². The fourth-order valence-electron chi connectivity index (χ4n) is 2.90. The molecule has 0 aromatic heterocycles. The number of carbonyl (C=O) groups is 1. The summed E-state index contributed by atoms with van der Waals surface area (Å²) in [7, 11) is 1.63. The van der Waals surface area contributed by atoms with Gasteiger partial charge in [-0.05, 0) is 43.2 Å². The number of benzene rings is 2. The highest BCUT2D eigenvalue weighted by atomic mass is 16.5. The van der Waals surface area contributed by atoms with Crippen LogP contribution in [0.4, 0.5) is 5.69 Å². The van der Waals surface area contributed by atoms with E-state index in [0.717, 1.165) is 43.1 Å². The van der Waals surface area contributed by atoms with E-state index < -0.39 is 0 Å². The molecule has 4 heteroatoms. The van der Waals surface area contributed by atoms with Crippen LogP contribution in [0, 0.1) is 6.92 Å². The molecule has 130 valence electrons. The van der Waals surface area contributed by atoms with E-state index in [1.807, 2.05) is 30.3 Å². The van der Waals surface area contributed by atoms with Crippen LogP contribution in [0.15, 0.2) is 60.2 Å². The summed E-state index contributed by atoms with van der Waals surface area (Å²) < 4.78 is 5.13. The standard InChI is InChI=1S/C21H24N2O2/c1-16-3-5-17(6-4-16)15-23-13-11-18(12-14-23)21(24)22-19-7-9-20(25-2)10-8-19/h3-11H,12-15H2,1-2H3,(H,22,24). The molecule has 0 bridgehead atoms. The minimum absolute atomic E-state index is 0.0137. The first kappa shape index (κ1) is 17.2. The highest BCUT2D eigenvalue weighted by molar-refractivity contribution is 6.03. The lowest BCUT2D eigenvalue weighted by Gasteiger charge is -2.26. The number of anilines is 1. The van der Waals surface area contributed by atoms with Crippen LogP contribution in [0.3, 0.4) is 0 Å². The van der Waals surface area contributed by atoms with Crippen molar-refractivity contribution in [3.63, 3.8) is 0 Å². The molecule has 2 aromatic rings. The van der Waals surface area contributed by atoms with Gasteiger partial charge in [-0.25, -0.2) is 0 Å². The van der Waals surface area contributed by atoms with Crippen molar-refractivity contribution < 1.29 is 9.53 Å². The molecule has 2 aromatic carbocycles. The number of aryl methyl sites for hydroxylation is 1. The zero-order valence-electron chi connectivity index (χ0n) is 14.8. The summed E-state index contributed by atoms with van der Waals surface area (Å²) in [6.07, 6.45) is 2.81. The van der Waals surface area contributed by atoms with Gasteiger partial charge in [0, 0.05) is 30.9 Å². The third kappa shape index (κ3) is 4.70. The van der Waals surface area contributed by atoms with E-state index in [4.69, 9.17) is 4.74 Å². The Balaban J connectivity index is 1.54. The molecule has 0 spiro atoms. The lowest BCUT2D eigenvalue weighted by atomic mass is 10.1. The van der Waals surface area contributed by atoms with Gasteiger partial charge in [-0.2, -0.15) is 0 Å². The van der Waals surface area contributed by atoms with Crippen LogP contribution in [0.5, 0.6) is 5.75 Å². The van der Waals surface area contributed by atoms with Crippen molar-refractivity contribution in [2.24, 2.45) is 0 Å². The quantitative estimate of drug-likeness (QED) is 0.903. The summed E-state index contributed by atoms with van der Waals surface area (Å²) in [5.41, 5.74) is 4.23. The van der Waals surface area contributed by atoms with Gasteiger partial charge in [0.2, 0.25) is 0 Å². The molecule has 0 saturated carbocycles. The molecule has 1 N–H and O–H groups in total. The molecule has 0 radical (unpaired) electrons. The second-order valence-corrected chi connectivity index (χ2v) is 6.38. The van der Waals surface area contributed by atoms with Crippen molar-refractivity contribution in [2.75, 3.05) is 25.5 Å². The van der Waals surface area contributed by atoms with Crippen molar-refractivity contribution in [1.29, 1.82) is 0 Å². The Kier molecular flexibility index (Phi) is 5.51. The molecule has 0 aliphatic carbocycles. The summed E-state index contributed by atoms with van der Waals surface area (Å²) in [5.74, 6) is 0.766. The average Bonchev–Trinajstić information content (AvgIpc) is 2.65. The van der Waals surface area contributed by atoms with Gasteiger partial charge in [0.15, 0.2) is 0 Å². The second kappa shape index (κ2) is 7.99. The van der Waals surface area contributed by atoms with Crippen LogP contribution in [0.2, 0.25) is 0 Å². The maximum absolute atomic E-state index is 12.4. The number of amides is 1. The van der Waals surface area contributed by atoms with Crippen molar-refractivity contribution in [3.8, 4) is 5.75 Å². The third-order valence-electron chi connectivity index (χ3n) is 4.46. The molecule has 1 aliphatic rings. The highest BCUT2D eigenvalue weighted by Crippen LogP contribution is 2.18. The zero-order valence-corrected chi connectivity index (χ0v) is 14.8. The van der Waals surface area contributed by atoms with Gasteiger partial charge in [-0.3, -0.25) is 9.69 Å². The molecule has 0 atom stereocenters. The van der Waals surface area contributed by atoms with E-state index in [1.54, 1.807) is 7.11 Å². The monoisotopic (exact) mass is 336 g/mol. The maximum atomic E-state index is 12.4. The number of carbonyl (C=O) groups excluding carboxylic acids is 1.